The first-order valence-corrected chi connectivity index (χ1v) is 9.13. The van der Waals surface area contributed by atoms with Gasteiger partial charge in [0.05, 0.1) is 13.1 Å². The number of rotatable bonds is 6. The average molecular weight is 345 g/mol. The molecule has 0 radical (unpaired) electrons. The van der Waals surface area contributed by atoms with Gasteiger partial charge in [-0.2, -0.15) is 5.10 Å². The average Bonchev–Trinajstić information content (AvgIpc) is 3.13. The second-order valence-corrected chi connectivity index (χ2v) is 7.11. The van der Waals surface area contributed by atoms with E-state index in [1.54, 1.807) is 22.4 Å². The first-order chi connectivity index (χ1) is 11.7. The van der Waals surface area contributed by atoms with Gasteiger partial charge in [-0.1, -0.05) is 6.07 Å². The smallest absolute Gasteiger partial charge is 0.236 e. The maximum atomic E-state index is 12.3. The summed E-state index contributed by atoms with van der Waals surface area (Å²) in [4.78, 5) is 17.5. The van der Waals surface area contributed by atoms with E-state index in [4.69, 9.17) is 0 Å². The molecule has 24 heavy (non-hydrogen) atoms. The summed E-state index contributed by atoms with van der Waals surface area (Å²) in [6.07, 6.45) is 3.86. The van der Waals surface area contributed by atoms with Gasteiger partial charge in [0.25, 0.3) is 0 Å². The van der Waals surface area contributed by atoms with Crippen LogP contribution in [0, 0.1) is 0 Å². The van der Waals surface area contributed by atoms with Gasteiger partial charge < -0.3 is 15.1 Å². The van der Waals surface area contributed by atoms with Crippen LogP contribution in [0.3, 0.4) is 0 Å². The fourth-order valence-electron chi connectivity index (χ4n) is 2.90. The van der Waals surface area contributed by atoms with Crippen molar-refractivity contribution in [2.45, 2.75) is 25.4 Å². The third-order valence-corrected chi connectivity index (χ3v) is 5.11. The summed E-state index contributed by atoms with van der Waals surface area (Å²) in [5.41, 5.74) is 0. The Hall–Kier alpha value is -1.99. The Morgan fingerprint density at radius 2 is 2.38 bits per heavy atom. The Labute approximate surface area is 146 Å². The second kappa shape index (κ2) is 8.21. The Kier molecular flexibility index (Phi) is 5.77. The molecule has 2 aromatic heterocycles. The summed E-state index contributed by atoms with van der Waals surface area (Å²) >= 11 is 1.68. The number of amides is 1. The SMILES string of the molecule is CN(Cc1cccs1)C(=O)CN[C@@H]1CCCN(c2cccnn2)C1. The summed E-state index contributed by atoms with van der Waals surface area (Å²) in [7, 11) is 1.86. The molecule has 1 aliphatic rings. The minimum Gasteiger partial charge on any atom is -0.354 e. The van der Waals surface area contributed by atoms with Gasteiger partial charge in [0, 0.05) is 37.3 Å². The molecule has 0 unspecified atom stereocenters. The van der Waals surface area contributed by atoms with Crippen LogP contribution in [0.25, 0.3) is 0 Å². The molecule has 0 bridgehead atoms. The van der Waals surface area contributed by atoms with Gasteiger partial charge >= 0.3 is 0 Å². The van der Waals surface area contributed by atoms with Crippen molar-refractivity contribution in [2.75, 3.05) is 31.6 Å². The topological polar surface area (TPSA) is 61.4 Å². The molecule has 2 aromatic rings. The Morgan fingerprint density at radius 3 is 3.12 bits per heavy atom. The van der Waals surface area contributed by atoms with E-state index >= 15 is 0 Å². The normalized spacial score (nSPS) is 17.7. The van der Waals surface area contributed by atoms with Crippen LogP contribution >= 0.6 is 11.3 Å². The Balaban J connectivity index is 1.46. The number of carbonyl (C=O) groups is 1. The lowest BCUT2D eigenvalue weighted by molar-refractivity contribution is -0.129. The van der Waals surface area contributed by atoms with Crippen LogP contribution in [0.2, 0.25) is 0 Å². The lowest BCUT2D eigenvalue weighted by atomic mass is 10.1. The van der Waals surface area contributed by atoms with Gasteiger partial charge in [0.15, 0.2) is 5.82 Å². The number of carbonyl (C=O) groups excluding carboxylic acids is 1. The first kappa shape index (κ1) is 16.9. The molecule has 0 aliphatic carbocycles. The van der Waals surface area contributed by atoms with E-state index in [1.807, 2.05) is 30.6 Å². The maximum Gasteiger partial charge on any atom is 0.236 e. The van der Waals surface area contributed by atoms with Crippen molar-refractivity contribution >= 4 is 23.1 Å². The van der Waals surface area contributed by atoms with Crippen LogP contribution in [0.1, 0.15) is 17.7 Å². The summed E-state index contributed by atoms with van der Waals surface area (Å²) in [5.74, 6) is 1.03. The van der Waals surface area contributed by atoms with Crippen LogP contribution in [0.4, 0.5) is 5.82 Å². The highest BCUT2D eigenvalue weighted by atomic mass is 32.1. The third-order valence-electron chi connectivity index (χ3n) is 4.24. The van der Waals surface area contributed by atoms with Gasteiger partial charge in [0.2, 0.25) is 5.91 Å². The molecule has 1 N–H and O–H groups in total. The molecule has 1 aliphatic heterocycles. The van der Waals surface area contributed by atoms with Crippen LogP contribution in [-0.4, -0.2) is 53.7 Å². The molecule has 0 saturated carbocycles. The van der Waals surface area contributed by atoms with Crippen molar-refractivity contribution in [3.63, 3.8) is 0 Å². The van der Waals surface area contributed by atoms with Crippen molar-refractivity contribution in [1.29, 1.82) is 0 Å². The number of nitrogens with one attached hydrogen (secondary N) is 1. The molecule has 1 amide bonds. The molecule has 128 valence electrons. The van der Waals surface area contributed by atoms with Crippen LogP contribution in [-0.2, 0) is 11.3 Å². The zero-order chi connectivity index (χ0) is 16.8. The maximum absolute atomic E-state index is 12.3. The first-order valence-electron chi connectivity index (χ1n) is 8.25. The quantitative estimate of drug-likeness (QED) is 0.864. The molecule has 0 spiro atoms. The highest BCUT2D eigenvalue weighted by Gasteiger charge is 2.21. The van der Waals surface area contributed by atoms with Gasteiger partial charge in [-0.05, 0) is 36.4 Å². The van der Waals surface area contributed by atoms with Gasteiger partial charge in [-0.3, -0.25) is 4.79 Å². The predicted octanol–water partition coefficient (Wildman–Crippen LogP) is 1.76. The monoisotopic (exact) mass is 345 g/mol. The number of likely N-dealkylation sites (N-methyl/N-ethyl adjacent to an activating group) is 1. The van der Waals surface area contributed by atoms with Crippen molar-refractivity contribution < 1.29 is 4.79 Å². The zero-order valence-electron chi connectivity index (χ0n) is 13.9. The molecule has 0 aromatic carbocycles. The van der Waals surface area contributed by atoms with Crippen LogP contribution in [0.15, 0.2) is 35.8 Å². The van der Waals surface area contributed by atoms with E-state index in [1.165, 1.54) is 4.88 Å². The van der Waals surface area contributed by atoms with E-state index in [9.17, 15) is 4.79 Å². The summed E-state index contributed by atoms with van der Waals surface area (Å²) in [5, 5.41) is 13.6. The molecule has 3 rings (SSSR count). The van der Waals surface area contributed by atoms with Crippen LogP contribution < -0.4 is 10.2 Å². The standard InChI is InChI=1S/C17H23N5OS/c1-21(13-15-6-4-10-24-15)17(23)11-18-14-5-3-9-22(12-14)16-7-2-8-19-20-16/h2,4,6-8,10,14,18H,3,5,9,11-13H2,1H3/t14-/m1/s1. The fourth-order valence-corrected chi connectivity index (χ4v) is 3.66. The summed E-state index contributed by atoms with van der Waals surface area (Å²) in [6, 6.07) is 8.26. The van der Waals surface area contributed by atoms with Crippen molar-refractivity contribution in [1.82, 2.24) is 20.4 Å². The highest BCUT2D eigenvalue weighted by molar-refractivity contribution is 7.09. The van der Waals surface area contributed by atoms with E-state index in [-0.39, 0.29) is 5.91 Å². The van der Waals surface area contributed by atoms with Gasteiger partial charge in [-0.15, -0.1) is 16.4 Å². The second-order valence-electron chi connectivity index (χ2n) is 6.08. The van der Waals surface area contributed by atoms with Gasteiger partial charge in [-0.25, -0.2) is 0 Å². The number of nitrogens with zero attached hydrogens (tertiary/aromatic N) is 4. The number of piperidine rings is 1. The Bertz CT molecular complexity index is 634. The number of hydrogen-bond acceptors (Lipinski definition) is 6. The highest BCUT2D eigenvalue weighted by Crippen LogP contribution is 2.16. The number of aromatic nitrogens is 2. The number of hydrogen-bond donors (Lipinski definition) is 1. The molecule has 7 heteroatoms. The molecule has 6 nitrogen and oxygen atoms in total. The predicted molar refractivity (Wildman–Crippen MR) is 96.1 cm³/mol. The van der Waals surface area contributed by atoms with E-state index < -0.39 is 0 Å². The molecule has 1 atom stereocenters. The molecule has 1 saturated heterocycles. The number of anilines is 1. The third kappa shape index (κ3) is 4.52. The van der Waals surface area contributed by atoms with E-state index in [0.717, 1.165) is 31.7 Å². The number of thiophene rings is 1. The van der Waals surface area contributed by atoms with Crippen molar-refractivity contribution in [3.8, 4) is 0 Å². The fraction of sp³-hybridized carbons (Fsp3) is 0.471. The van der Waals surface area contributed by atoms with Crippen molar-refractivity contribution in [2.24, 2.45) is 0 Å². The van der Waals surface area contributed by atoms with Gasteiger partial charge in [0.1, 0.15) is 0 Å². The van der Waals surface area contributed by atoms with Crippen LogP contribution in [0.5, 0.6) is 0 Å². The minimum absolute atomic E-state index is 0.125. The van der Waals surface area contributed by atoms with Crippen molar-refractivity contribution in [3.05, 3.63) is 40.7 Å². The molecular weight excluding hydrogens is 322 g/mol. The largest absolute Gasteiger partial charge is 0.354 e. The molecule has 1 fully saturated rings. The molecular formula is C17H23N5OS. The lowest BCUT2D eigenvalue weighted by Crippen LogP contribution is -2.48. The zero-order valence-corrected chi connectivity index (χ0v) is 14.7. The minimum atomic E-state index is 0.125. The van der Waals surface area contributed by atoms with E-state index in [0.29, 0.717) is 19.1 Å². The Morgan fingerprint density at radius 1 is 1.46 bits per heavy atom. The lowest BCUT2D eigenvalue weighted by Gasteiger charge is -2.33. The summed E-state index contributed by atoms with van der Waals surface area (Å²) < 4.78 is 0. The van der Waals surface area contributed by atoms with E-state index in [2.05, 4.69) is 26.5 Å². The summed E-state index contributed by atoms with van der Waals surface area (Å²) in [6.45, 7) is 2.90. The molecule has 3 heterocycles.